The minimum absolute atomic E-state index is 0.0189. The number of anilines is 2. The number of imide groups is 1. The van der Waals surface area contributed by atoms with Crippen LogP contribution in [0.2, 0.25) is 0 Å². The summed E-state index contributed by atoms with van der Waals surface area (Å²) in [5, 5.41) is 0. The highest BCUT2D eigenvalue weighted by Crippen LogP contribution is 2.20. The Kier molecular flexibility index (Phi) is 4.80. The molecule has 3 amide bonds. The molecule has 1 atom stereocenters. The van der Waals surface area contributed by atoms with Crippen molar-refractivity contribution in [3.8, 4) is 0 Å². The van der Waals surface area contributed by atoms with Gasteiger partial charge in [-0.15, -0.1) is 0 Å². The highest BCUT2D eigenvalue weighted by atomic mass is 16.2. The number of carbonyl (C=O) groups is 3. The molecule has 6 nitrogen and oxygen atoms in total. The van der Waals surface area contributed by atoms with E-state index in [1.54, 1.807) is 29.2 Å². The zero-order valence-electron chi connectivity index (χ0n) is 12.9. The minimum Gasteiger partial charge on any atom is -0.399 e. The van der Waals surface area contributed by atoms with E-state index in [1.807, 2.05) is 6.92 Å². The maximum Gasteiger partial charge on any atom is 0.323 e. The number of nitrogens with two attached hydrogens (primary N) is 1. The van der Waals surface area contributed by atoms with Crippen LogP contribution in [-0.4, -0.2) is 35.2 Å². The second-order valence-corrected chi connectivity index (χ2v) is 5.59. The van der Waals surface area contributed by atoms with Gasteiger partial charge >= 0.3 is 11.8 Å². The third-order valence-corrected chi connectivity index (χ3v) is 3.92. The van der Waals surface area contributed by atoms with E-state index in [9.17, 15) is 14.4 Å². The third kappa shape index (κ3) is 3.27. The molecule has 1 unspecified atom stereocenters. The van der Waals surface area contributed by atoms with E-state index >= 15 is 0 Å². The lowest BCUT2D eigenvalue weighted by molar-refractivity contribution is -0.147. The summed E-state index contributed by atoms with van der Waals surface area (Å²) in [4.78, 5) is 39.3. The van der Waals surface area contributed by atoms with Crippen molar-refractivity contribution in [3.05, 3.63) is 24.3 Å². The molecule has 6 heteroatoms. The number of nitrogen functional groups attached to an aromatic ring is 1. The zero-order chi connectivity index (χ0) is 16.3. The van der Waals surface area contributed by atoms with Gasteiger partial charge in [0.1, 0.15) is 0 Å². The van der Waals surface area contributed by atoms with Gasteiger partial charge in [0, 0.05) is 25.2 Å². The summed E-state index contributed by atoms with van der Waals surface area (Å²) in [6, 6.07) is 6.31. The van der Waals surface area contributed by atoms with Crippen LogP contribution in [0.25, 0.3) is 0 Å². The van der Waals surface area contributed by atoms with Crippen molar-refractivity contribution in [1.82, 2.24) is 4.90 Å². The van der Waals surface area contributed by atoms with E-state index in [0.717, 1.165) is 24.2 Å². The van der Waals surface area contributed by atoms with Crippen molar-refractivity contribution in [3.63, 3.8) is 0 Å². The first kappa shape index (κ1) is 16.0. The van der Waals surface area contributed by atoms with E-state index in [4.69, 9.17) is 5.73 Å². The summed E-state index contributed by atoms with van der Waals surface area (Å²) < 4.78 is 0. The van der Waals surface area contributed by atoms with Crippen LogP contribution in [0.15, 0.2) is 24.3 Å². The molecule has 22 heavy (non-hydrogen) atoms. The average molecular weight is 303 g/mol. The summed E-state index contributed by atoms with van der Waals surface area (Å²) in [6.07, 6.45) is 2.81. The van der Waals surface area contributed by atoms with Crippen LogP contribution >= 0.6 is 0 Å². The molecule has 1 saturated heterocycles. The van der Waals surface area contributed by atoms with Crippen molar-refractivity contribution in [2.45, 2.75) is 39.2 Å². The summed E-state index contributed by atoms with van der Waals surface area (Å²) >= 11 is 0. The maximum absolute atomic E-state index is 12.5. The summed E-state index contributed by atoms with van der Waals surface area (Å²) in [5.41, 5.74) is 6.49. The molecule has 1 aliphatic rings. The number of hydrogen-bond acceptors (Lipinski definition) is 4. The minimum atomic E-state index is -0.814. The van der Waals surface area contributed by atoms with Crippen LogP contribution < -0.4 is 10.6 Å². The molecule has 0 radical (unpaired) electrons. The van der Waals surface area contributed by atoms with Crippen molar-refractivity contribution in [2.75, 3.05) is 17.2 Å². The Balaban J connectivity index is 2.24. The smallest absolute Gasteiger partial charge is 0.323 e. The summed E-state index contributed by atoms with van der Waals surface area (Å²) in [5.74, 6) is -1.93. The van der Waals surface area contributed by atoms with Gasteiger partial charge in [-0.05, 0) is 50.5 Å². The number of piperidine rings is 1. The van der Waals surface area contributed by atoms with Gasteiger partial charge in [0.05, 0.1) is 5.69 Å². The van der Waals surface area contributed by atoms with Gasteiger partial charge in [-0.2, -0.15) is 0 Å². The number of carbonyl (C=O) groups excluding carboxylic acids is 3. The molecule has 0 aromatic heterocycles. The van der Waals surface area contributed by atoms with E-state index < -0.39 is 17.7 Å². The Morgan fingerprint density at radius 1 is 1.18 bits per heavy atom. The molecule has 2 N–H and O–H groups in total. The second kappa shape index (κ2) is 6.60. The number of benzene rings is 1. The Morgan fingerprint density at radius 3 is 2.36 bits per heavy atom. The van der Waals surface area contributed by atoms with Gasteiger partial charge in [-0.1, -0.05) is 0 Å². The molecule has 0 bridgehead atoms. The van der Waals surface area contributed by atoms with E-state index in [-0.39, 0.29) is 6.04 Å². The van der Waals surface area contributed by atoms with Crippen LogP contribution in [0.3, 0.4) is 0 Å². The number of nitrogens with zero attached hydrogens (tertiary/aromatic N) is 2. The Labute approximate surface area is 129 Å². The number of amides is 3. The fraction of sp³-hybridized carbons (Fsp3) is 0.438. The molecule has 0 spiro atoms. The molecule has 1 aromatic carbocycles. The quantitative estimate of drug-likeness (QED) is 0.630. The van der Waals surface area contributed by atoms with Gasteiger partial charge in [-0.25, -0.2) is 4.90 Å². The maximum atomic E-state index is 12.5. The highest BCUT2D eigenvalue weighted by molar-refractivity contribution is 6.45. The molecule has 118 valence electrons. The first-order valence-corrected chi connectivity index (χ1v) is 7.43. The van der Waals surface area contributed by atoms with Gasteiger partial charge in [0.2, 0.25) is 5.91 Å². The lowest BCUT2D eigenvalue weighted by Gasteiger charge is -2.34. The zero-order valence-corrected chi connectivity index (χ0v) is 12.9. The fourth-order valence-corrected chi connectivity index (χ4v) is 2.68. The van der Waals surface area contributed by atoms with Gasteiger partial charge in [0.15, 0.2) is 0 Å². The van der Waals surface area contributed by atoms with Crippen molar-refractivity contribution in [1.29, 1.82) is 0 Å². The molecule has 0 saturated carbocycles. The first-order valence-electron chi connectivity index (χ1n) is 7.43. The lowest BCUT2D eigenvalue weighted by Crippen LogP contribution is -2.51. The second-order valence-electron chi connectivity index (χ2n) is 5.59. The van der Waals surface area contributed by atoms with Crippen LogP contribution in [0.1, 0.15) is 33.1 Å². The Bertz CT molecular complexity index is 583. The first-order chi connectivity index (χ1) is 10.4. The molecule has 0 aliphatic carbocycles. The van der Waals surface area contributed by atoms with E-state index in [0.29, 0.717) is 17.9 Å². The molecular weight excluding hydrogens is 282 g/mol. The van der Waals surface area contributed by atoms with Crippen molar-refractivity contribution >= 4 is 29.1 Å². The predicted molar refractivity (Wildman–Crippen MR) is 84.0 cm³/mol. The summed E-state index contributed by atoms with van der Waals surface area (Å²) in [7, 11) is 0. The molecule has 1 fully saturated rings. The van der Waals surface area contributed by atoms with E-state index in [2.05, 4.69) is 0 Å². The SMILES string of the molecule is CC(=O)N(C(=O)C(=O)N1CCCCC1C)c1ccc(N)cc1. The normalized spacial score (nSPS) is 17.9. The molecule has 1 aromatic rings. The Hall–Kier alpha value is -2.37. The molecular formula is C16H21N3O3. The highest BCUT2D eigenvalue weighted by Gasteiger charge is 2.33. The van der Waals surface area contributed by atoms with E-state index in [1.165, 1.54) is 6.92 Å². The van der Waals surface area contributed by atoms with Crippen LogP contribution in [0, 0.1) is 0 Å². The average Bonchev–Trinajstić information content (AvgIpc) is 2.49. The largest absolute Gasteiger partial charge is 0.399 e. The lowest BCUT2D eigenvalue weighted by atomic mass is 10.0. The van der Waals surface area contributed by atoms with Gasteiger partial charge in [-0.3, -0.25) is 14.4 Å². The Morgan fingerprint density at radius 2 is 1.82 bits per heavy atom. The third-order valence-electron chi connectivity index (χ3n) is 3.92. The topological polar surface area (TPSA) is 83.7 Å². The van der Waals surface area contributed by atoms with Crippen LogP contribution in [-0.2, 0) is 14.4 Å². The fourth-order valence-electron chi connectivity index (χ4n) is 2.68. The van der Waals surface area contributed by atoms with Crippen molar-refractivity contribution < 1.29 is 14.4 Å². The molecule has 1 aliphatic heterocycles. The summed E-state index contributed by atoms with van der Waals surface area (Å²) in [6.45, 7) is 3.74. The number of rotatable bonds is 1. The van der Waals surface area contributed by atoms with Crippen molar-refractivity contribution in [2.24, 2.45) is 0 Å². The van der Waals surface area contributed by atoms with Crippen LogP contribution in [0.5, 0.6) is 0 Å². The standard InChI is InChI=1S/C16H21N3O3/c1-11-5-3-4-10-18(11)15(21)16(22)19(12(2)20)14-8-6-13(17)7-9-14/h6-9,11H,3-5,10,17H2,1-2H3. The van der Waals surface area contributed by atoms with Gasteiger partial charge < -0.3 is 10.6 Å². The van der Waals surface area contributed by atoms with Crippen LogP contribution in [0.4, 0.5) is 11.4 Å². The van der Waals surface area contributed by atoms with Gasteiger partial charge in [0.25, 0.3) is 0 Å². The molecule has 2 rings (SSSR count). The number of likely N-dealkylation sites (tertiary alicyclic amines) is 1. The monoisotopic (exact) mass is 303 g/mol. The number of hydrogen-bond donors (Lipinski definition) is 1. The predicted octanol–water partition coefficient (Wildman–Crippen LogP) is 1.55. The molecule has 1 heterocycles.